The molecule has 4 saturated carbocycles. The van der Waals surface area contributed by atoms with Crippen LogP contribution in [0.3, 0.4) is 0 Å². The summed E-state index contributed by atoms with van der Waals surface area (Å²) in [5, 5.41) is 11.1. The van der Waals surface area contributed by atoms with E-state index in [0.29, 0.717) is 24.3 Å². The molecule has 0 spiro atoms. The molecule has 1 heterocycles. The Morgan fingerprint density at radius 3 is 2.38 bits per heavy atom. The van der Waals surface area contributed by atoms with E-state index in [1.807, 2.05) is 0 Å². The number of amidine groups is 1. The van der Waals surface area contributed by atoms with Crippen molar-refractivity contribution in [2.75, 3.05) is 12.3 Å². The van der Waals surface area contributed by atoms with Crippen LogP contribution in [0.15, 0.2) is 0 Å². The maximum Gasteiger partial charge on any atom is 0.237 e. The van der Waals surface area contributed by atoms with Crippen LogP contribution in [0.4, 0.5) is 0 Å². The number of hydrogen-bond acceptors (Lipinski definition) is 6. The lowest BCUT2D eigenvalue weighted by Gasteiger charge is -2.41. The molecule has 1 aliphatic heterocycles. The molecule has 1 saturated heterocycles. The Kier molecular flexibility index (Phi) is 8.51. The molecule has 37 heavy (non-hydrogen) atoms. The second-order valence-electron chi connectivity index (χ2n) is 12.9. The van der Waals surface area contributed by atoms with Gasteiger partial charge in [0.1, 0.15) is 0 Å². The van der Waals surface area contributed by atoms with Gasteiger partial charge in [-0.05, 0) is 82.0 Å². The minimum atomic E-state index is -3.25. The Balaban J connectivity index is 1.29. The molecule has 0 bridgehead atoms. The van der Waals surface area contributed by atoms with E-state index in [1.165, 1.54) is 19.3 Å². The van der Waals surface area contributed by atoms with Gasteiger partial charge in [-0.2, -0.15) is 0 Å². The number of carbonyl (C=O) groups is 1. The number of sulfone groups is 1. The SMILES string of the molecule is N=C(N)C1CCC2CC(C(=O)NC3CCC(N)CC3)N(CCS(=O)(=O)C3CCCC4CCCCC43)C2C1. The largest absolute Gasteiger partial charge is 0.387 e. The molecule has 210 valence electrons. The first-order valence-corrected chi connectivity index (χ1v) is 16.8. The Morgan fingerprint density at radius 2 is 1.62 bits per heavy atom. The average molecular weight is 536 g/mol. The monoisotopic (exact) mass is 535 g/mol. The van der Waals surface area contributed by atoms with E-state index in [-0.39, 0.29) is 52.8 Å². The second-order valence-corrected chi connectivity index (χ2v) is 15.3. The van der Waals surface area contributed by atoms with E-state index >= 15 is 0 Å². The summed E-state index contributed by atoms with van der Waals surface area (Å²) in [6.07, 6.45) is 14.7. The zero-order valence-corrected chi connectivity index (χ0v) is 23.3. The van der Waals surface area contributed by atoms with Gasteiger partial charge in [0.25, 0.3) is 0 Å². The van der Waals surface area contributed by atoms with Crippen molar-refractivity contribution in [3.05, 3.63) is 0 Å². The van der Waals surface area contributed by atoms with E-state index in [0.717, 1.165) is 77.0 Å². The van der Waals surface area contributed by atoms with Crippen LogP contribution in [-0.2, 0) is 14.6 Å². The molecule has 0 radical (unpaired) electrons. The van der Waals surface area contributed by atoms with Crippen LogP contribution in [0, 0.1) is 29.1 Å². The summed E-state index contributed by atoms with van der Waals surface area (Å²) in [6, 6.07) is 0.231. The van der Waals surface area contributed by atoms with Gasteiger partial charge < -0.3 is 16.8 Å². The molecule has 9 heteroatoms. The molecule has 4 aliphatic carbocycles. The van der Waals surface area contributed by atoms with Crippen molar-refractivity contribution in [3.63, 3.8) is 0 Å². The van der Waals surface area contributed by atoms with Gasteiger partial charge in [0.05, 0.1) is 22.9 Å². The standard InChI is InChI=1S/C28H49N5O3S/c29-21-10-12-22(13-11-21)32-28(34)25-16-19-8-9-20(27(30)31)17-24(19)33(25)14-15-37(35,36)26-7-3-5-18-4-1-2-6-23(18)26/h18-26H,1-17,29H2,(H3,30,31)(H,32,34). The smallest absolute Gasteiger partial charge is 0.237 e. The maximum absolute atomic E-state index is 13.8. The molecule has 1 amide bonds. The average Bonchev–Trinajstić information content (AvgIpc) is 3.26. The van der Waals surface area contributed by atoms with E-state index in [4.69, 9.17) is 16.9 Å². The van der Waals surface area contributed by atoms with Crippen molar-refractivity contribution in [2.24, 2.45) is 35.1 Å². The van der Waals surface area contributed by atoms with Gasteiger partial charge in [0.2, 0.25) is 5.91 Å². The first-order chi connectivity index (χ1) is 17.7. The van der Waals surface area contributed by atoms with Crippen LogP contribution in [0.5, 0.6) is 0 Å². The quantitative estimate of drug-likeness (QED) is 0.292. The summed E-state index contributed by atoms with van der Waals surface area (Å²) in [5.41, 5.74) is 12.0. The van der Waals surface area contributed by atoms with E-state index in [2.05, 4.69) is 10.2 Å². The minimum Gasteiger partial charge on any atom is -0.387 e. The highest BCUT2D eigenvalue weighted by molar-refractivity contribution is 7.92. The summed E-state index contributed by atoms with van der Waals surface area (Å²) >= 11 is 0. The number of rotatable bonds is 7. The summed E-state index contributed by atoms with van der Waals surface area (Å²) < 4.78 is 27.5. The molecule has 7 unspecified atom stereocenters. The molecule has 5 fully saturated rings. The lowest BCUT2D eigenvalue weighted by molar-refractivity contribution is -0.126. The predicted molar refractivity (Wildman–Crippen MR) is 147 cm³/mol. The lowest BCUT2D eigenvalue weighted by Crippen LogP contribution is -2.52. The van der Waals surface area contributed by atoms with Crippen molar-refractivity contribution < 1.29 is 13.2 Å². The predicted octanol–water partition coefficient (Wildman–Crippen LogP) is 2.94. The Bertz CT molecular complexity index is 932. The fourth-order valence-electron chi connectivity index (χ4n) is 8.68. The number of nitrogens with one attached hydrogen (secondary N) is 2. The van der Waals surface area contributed by atoms with Gasteiger partial charge in [-0.3, -0.25) is 15.1 Å². The molecule has 5 rings (SSSR count). The normalized spacial score (nSPS) is 40.9. The van der Waals surface area contributed by atoms with Gasteiger partial charge in [0.15, 0.2) is 9.84 Å². The third-order valence-corrected chi connectivity index (χ3v) is 13.0. The number of hydrogen-bond donors (Lipinski definition) is 4. The van der Waals surface area contributed by atoms with Gasteiger partial charge >= 0.3 is 0 Å². The lowest BCUT2D eigenvalue weighted by atomic mass is 9.71. The maximum atomic E-state index is 13.8. The Morgan fingerprint density at radius 1 is 0.892 bits per heavy atom. The molecule has 0 aromatic heterocycles. The van der Waals surface area contributed by atoms with Gasteiger partial charge in [-0.1, -0.05) is 32.1 Å². The molecular weight excluding hydrogens is 486 g/mol. The van der Waals surface area contributed by atoms with E-state index < -0.39 is 9.84 Å². The van der Waals surface area contributed by atoms with Crippen LogP contribution < -0.4 is 16.8 Å². The Hall–Kier alpha value is -1.19. The number of likely N-dealkylation sites (tertiary alicyclic amines) is 1. The fraction of sp³-hybridized carbons (Fsp3) is 0.929. The van der Waals surface area contributed by atoms with Crippen molar-refractivity contribution in [1.82, 2.24) is 10.2 Å². The second kappa shape index (κ2) is 11.5. The molecule has 5 aliphatic rings. The zero-order valence-electron chi connectivity index (χ0n) is 22.5. The number of amides is 1. The van der Waals surface area contributed by atoms with Crippen LogP contribution in [0.1, 0.15) is 96.3 Å². The highest BCUT2D eigenvalue weighted by atomic mass is 32.2. The molecular formula is C28H49N5O3S. The van der Waals surface area contributed by atoms with Gasteiger partial charge in [-0.15, -0.1) is 0 Å². The highest BCUT2D eigenvalue weighted by Gasteiger charge is 2.48. The molecule has 7 atom stereocenters. The summed E-state index contributed by atoms with van der Waals surface area (Å²) in [5.74, 6) is 1.72. The Labute approximate surface area is 223 Å². The number of fused-ring (bicyclic) bond motifs is 2. The minimum absolute atomic E-state index is 0.0309. The zero-order chi connectivity index (χ0) is 26.2. The van der Waals surface area contributed by atoms with Gasteiger partial charge in [0, 0.05) is 30.6 Å². The molecule has 0 aromatic rings. The molecule has 0 aromatic carbocycles. The fourth-order valence-corrected chi connectivity index (χ4v) is 10.9. The van der Waals surface area contributed by atoms with Crippen LogP contribution in [0.25, 0.3) is 0 Å². The molecule has 8 nitrogen and oxygen atoms in total. The first-order valence-electron chi connectivity index (χ1n) is 15.1. The number of nitrogens with zero attached hydrogens (tertiary/aromatic N) is 1. The van der Waals surface area contributed by atoms with Crippen LogP contribution in [0.2, 0.25) is 0 Å². The number of nitrogens with two attached hydrogens (primary N) is 2. The van der Waals surface area contributed by atoms with Crippen molar-refractivity contribution in [2.45, 2.75) is 126 Å². The number of carbonyl (C=O) groups excluding carboxylic acids is 1. The summed E-state index contributed by atoms with van der Waals surface area (Å²) in [4.78, 5) is 15.8. The third-order valence-electron chi connectivity index (χ3n) is 10.8. The van der Waals surface area contributed by atoms with E-state index in [9.17, 15) is 13.2 Å². The highest BCUT2D eigenvalue weighted by Crippen LogP contribution is 2.45. The van der Waals surface area contributed by atoms with Crippen LogP contribution in [-0.4, -0.2) is 66.8 Å². The van der Waals surface area contributed by atoms with Crippen LogP contribution >= 0.6 is 0 Å². The van der Waals surface area contributed by atoms with Crippen molar-refractivity contribution in [1.29, 1.82) is 5.41 Å². The van der Waals surface area contributed by atoms with Crippen molar-refractivity contribution in [3.8, 4) is 0 Å². The van der Waals surface area contributed by atoms with Crippen molar-refractivity contribution >= 4 is 21.6 Å². The third kappa shape index (κ3) is 6.03. The summed E-state index contributed by atoms with van der Waals surface area (Å²) in [6.45, 7) is 0.412. The first kappa shape index (κ1) is 27.4. The topological polar surface area (TPSA) is 142 Å². The summed E-state index contributed by atoms with van der Waals surface area (Å²) in [7, 11) is -3.25. The van der Waals surface area contributed by atoms with E-state index in [1.54, 1.807) is 0 Å². The van der Waals surface area contributed by atoms with Gasteiger partial charge in [-0.25, -0.2) is 8.42 Å². The molecule has 6 N–H and O–H groups in total.